The van der Waals surface area contributed by atoms with Crippen LogP contribution >= 0.6 is 0 Å². The van der Waals surface area contributed by atoms with Gasteiger partial charge in [-0.05, 0) is 56.4 Å². The van der Waals surface area contributed by atoms with Crippen LogP contribution in [0.4, 0.5) is 14.6 Å². The number of hydrogen-bond acceptors (Lipinski definition) is 8. The Morgan fingerprint density at radius 2 is 2.00 bits per heavy atom. The summed E-state index contributed by atoms with van der Waals surface area (Å²) in [5, 5.41) is 22.6. The number of alkyl halides is 1. The average Bonchev–Trinajstić information content (AvgIpc) is 2.86. The van der Waals surface area contributed by atoms with Crippen molar-refractivity contribution in [3.8, 4) is 34.0 Å². The molecule has 0 radical (unpaired) electrons. The van der Waals surface area contributed by atoms with Crippen molar-refractivity contribution in [3.63, 3.8) is 0 Å². The highest BCUT2D eigenvalue weighted by Crippen LogP contribution is 2.39. The number of halogens is 2. The van der Waals surface area contributed by atoms with Crippen molar-refractivity contribution in [2.75, 3.05) is 19.1 Å². The van der Waals surface area contributed by atoms with Crippen molar-refractivity contribution < 1.29 is 18.6 Å². The molecule has 1 aromatic carbocycles. The predicted octanol–water partition coefficient (Wildman–Crippen LogP) is 3.90. The molecule has 35 heavy (non-hydrogen) atoms. The lowest BCUT2D eigenvalue weighted by Gasteiger charge is -2.52. The summed E-state index contributed by atoms with van der Waals surface area (Å²) in [5.41, 5.74) is 1.07. The van der Waals surface area contributed by atoms with Crippen LogP contribution in [0.25, 0.3) is 22.5 Å². The van der Waals surface area contributed by atoms with E-state index in [-0.39, 0.29) is 23.4 Å². The van der Waals surface area contributed by atoms with Gasteiger partial charge in [0.2, 0.25) is 0 Å². The number of hydrogen-bond donors (Lipinski definition) is 2. The second-order valence-electron chi connectivity index (χ2n) is 9.56. The molecular formula is C25H28F2N6O2. The van der Waals surface area contributed by atoms with E-state index in [0.29, 0.717) is 35.0 Å². The summed E-state index contributed by atoms with van der Waals surface area (Å²) in [5.74, 6) is -0.0307. The number of aromatic nitrogens is 4. The molecule has 0 aliphatic carbocycles. The Morgan fingerprint density at radius 3 is 2.71 bits per heavy atom. The number of piperidine rings is 2. The molecule has 0 saturated carbocycles. The van der Waals surface area contributed by atoms with Crippen LogP contribution in [0.1, 0.15) is 32.6 Å². The fourth-order valence-corrected chi connectivity index (χ4v) is 5.26. The maximum atomic E-state index is 15.4. The maximum Gasteiger partial charge on any atom is 0.255 e. The largest absolute Gasteiger partial charge is 0.507 e. The Kier molecular flexibility index (Phi) is 6.00. The number of ether oxygens (including phenoxy) is 1. The fraction of sp³-hybridized carbons (Fsp3) is 0.440. The van der Waals surface area contributed by atoms with Crippen molar-refractivity contribution in [1.82, 2.24) is 25.5 Å². The van der Waals surface area contributed by atoms with Gasteiger partial charge in [-0.2, -0.15) is 4.39 Å². The van der Waals surface area contributed by atoms with Gasteiger partial charge in [0, 0.05) is 30.4 Å². The SMILES string of the molecule is COc1cc(-c2ccc(-c3ncc(N(C)[C@@H]4C[C@@H]5CCC[C@](C)(N5)[C@@H]4F)nn3)c(O)c2)cnc1F. The molecular weight excluding hydrogens is 454 g/mol. The molecule has 8 nitrogen and oxygen atoms in total. The molecule has 0 unspecified atom stereocenters. The molecule has 2 aromatic heterocycles. The molecule has 184 valence electrons. The number of benzene rings is 1. The molecule has 10 heteroatoms. The minimum atomic E-state index is -1.04. The van der Waals surface area contributed by atoms with Crippen molar-refractivity contribution in [2.24, 2.45) is 0 Å². The lowest BCUT2D eigenvalue weighted by atomic mass is 9.73. The van der Waals surface area contributed by atoms with E-state index in [1.807, 2.05) is 18.9 Å². The highest BCUT2D eigenvalue weighted by Gasteiger charge is 2.49. The van der Waals surface area contributed by atoms with E-state index in [9.17, 15) is 9.50 Å². The van der Waals surface area contributed by atoms with Gasteiger partial charge in [-0.3, -0.25) is 0 Å². The summed E-state index contributed by atoms with van der Waals surface area (Å²) in [6.07, 6.45) is 5.47. The molecule has 2 N–H and O–H groups in total. The first-order chi connectivity index (χ1) is 16.8. The van der Waals surface area contributed by atoms with Gasteiger partial charge in [0.1, 0.15) is 11.9 Å². The predicted molar refractivity (Wildman–Crippen MR) is 128 cm³/mol. The number of phenolic OH excluding ortho intramolecular Hbond substituents is 1. The summed E-state index contributed by atoms with van der Waals surface area (Å²) < 4.78 is 34.0. The van der Waals surface area contributed by atoms with Crippen LogP contribution in [-0.4, -0.2) is 63.2 Å². The summed E-state index contributed by atoms with van der Waals surface area (Å²) in [4.78, 5) is 9.90. The van der Waals surface area contributed by atoms with E-state index in [4.69, 9.17) is 4.74 Å². The van der Waals surface area contributed by atoms with Gasteiger partial charge in [0.05, 0.1) is 24.9 Å². The van der Waals surface area contributed by atoms with Gasteiger partial charge in [0.25, 0.3) is 5.95 Å². The number of fused-ring (bicyclic) bond motifs is 2. The van der Waals surface area contributed by atoms with Crippen LogP contribution in [0.2, 0.25) is 0 Å². The Hall–Kier alpha value is -3.40. The molecule has 3 aromatic rings. The molecule has 2 fully saturated rings. The third kappa shape index (κ3) is 4.27. The minimum absolute atomic E-state index is 0.0141. The zero-order valence-electron chi connectivity index (χ0n) is 19.9. The number of aromatic hydroxyl groups is 1. The van der Waals surface area contributed by atoms with Crippen molar-refractivity contribution in [3.05, 3.63) is 42.6 Å². The van der Waals surface area contributed by atoms with Gasteiger partial charge >= 0.3 is 0 Å². The van der Waals surface area contributed by atoms with Gasteiger partial charge in [-0.15, -0.1) is 10.2 Å². The van der Waals surface area contributed by atoms with Crippen LogP contribution < -0.4 is 15.0 Å². The van der Waals surface area contributed by atoms with Gasteiger partial charge in [-0.25, -0.2) is 14.4 Å². The number of phenols is 1. The molecule has 4 heterocycles. The van der Waals surface area contributed by atoms with E-state index in [2.05, 4.69) is 25.5 Å². The van der Waals surface area contributed by atoms with Crippen LogP contribution in [0.5, 0.6) is 11.5 Å². The van der Waals surface area contributed by atoms with Crippen molar-refractivity contribution in [2.45, 2.75) is 56.4 Å². The Bertz CT molecular complexity index is 1230. The first kappa shape index (κ1) is 23.3. The molecule has 0 amide bonds. The monoisotopic (exact) mass is 482 g/mol. The minimum Gasteiger partial charge on any atom is -0.507 e. The van der Waals surface area contributed by atoms with Crippen molar-refractivity contribution in [1.29, 1.82) is 0 Å². The maximum absolute atomic E-state index is 15.4. The number of methoxy groups -OCH3 is 1. The zero-order valence-corrected chi connectivity index (χ0v) is 19.9. The molecule has 5 rings (SSSR count). The first-order valence-corrected chi connectivity index (χ1v) is 11.7. The zero-order chi connectivity index (χ0) is 24.7. The van der Waals surface area contributed by atoms with Crippen LogP contribution in [0.15, 0.2) is 36.7 Å². The van der Waals surface area contributed by atoms with E-state index < -0.39 is 17.7 Å². The van der Waals surface area contributed by atoms with Gasteiger partial charge in [0.15, 0.2) is 17.4 Å². The van der Waals surface area contributed by atoms with Crippen LogP contribution in [0.3, 0.4) is 0 Å². The molecule has 4 atom stereocenters. The average molecular weight is 483 g/mol. The standard InChI is InChI=1S/C25H28F2N6O2/c1-25-8-4-5-16(30-25)11-18(22(25)26)33(2)21-13-29-24(32-31-21)17-7-6-14(9-19(17)34)15-10-20(35-3)23(27)28-12-15/h6-7,9-10,12-13,16,18,22,30,34H,4-5,8,11H2,1-3H3/t16-,18+,22+,25-/m0/s1. The molecule has 2 aliphatic rings. The number of nitrogens with zero attached hydrogens (tertiary/aromatic N) is 5. The summed E-state index contributed by atoms with van der Waals surface area (Å²) in [6, 6.07) is 6.41. The lowest BCUT2D eigenvalue weighted by Crippen LogP contribution is -2.68. The smallest absolute Gasteiger partial charge is 0.255 e. The number of anilines is 1. The molecule has 2 bridgehead atoms. The lowest BCUT2D eigenvalue weighted by molar-refractivity contribution is 0.0405. The van der Waals surface area contributed by atoms with Gasteiger partial charge < -0.3 is 20.1 Å². The number of rotatable bonds is 5. The summed E-state index contributed by atoms with van der Waals surface area (Å²) in [7, 11) is 3.19. The summed E-state index contributed by atoms with van der Waals surface area (Å²) in [6.45, 7) is 1.96. The molecule has 2 aliphatic heterocycles. The Labute approximate surface area is 202 Å². The second-order valence-corrected chi connectivity index (χ2v) is 9.56. The van der Waals surface area contributed by atoms with E-state index in [1.54, 1.807) is 18.3 Å². The molecule has 2 saturated heterocycles. The fourth-order valence-electron chi connectivity index (χ4n) is 5.26. The van der Waals surface area contributed by atoms with Crippen molar-refractivity contribution >= 4 is 5.82 Å². The number of nitrogens with one attached hydrogen (secondary N) is 1. The molecule has 0 spiro atoms. The quantitative estimate of drug-likeness (QED) is 0.529. The number of pyridine rings is 1. The highest BCUT2D eigenvalue weighted by molar-refractivity contribution is 5.73. The summed E-state index contributed by atoms with van der Waals surface area (Å²) >= 11 is 0. The topological polar surface area (TPSA) is 96.3 Å². The second kappa shape index (κ2) is 8.99. The van der Waals surface area contributed by atoms with Crippen LogP contribution in [-0.2, 0) is 0 Å². The third-order valence-electron chi connectivity index (χ3n) is 7.26. The van der Waals surface area contributed by atoms with E-state index >= 15 is 4.39 Å². The highest BCUT2D eigenvalue weighted by atomic mass is 19.1. The Balaban J connectivity index is 1.36. The van der Waals surface area contributed by atoms with E-state index in [0.717, 1.165) is 19.3 Å². The normalized spacial score (nSPS) is 25.8. The van der Waals surface area contributed by atoms with Crippen LogP contribution in [0, 0.1) is 5.95 Å². The Morgan fingerprint density at radius 1 is 1.17 bits per heavy atom. The first-order valence-electron chi connectivity index (χ1n) is 11.7. The van der Waals surface area contributed by atoms with Gasteiger partial charge in [-0.1, -0.05) is 6.07 Å². The van der Waals surface area contributed by atoms with E-state index in [1.165, 1.54) is 25.4 Å². The third-order valence-corrected chi connectivity index (χ3v) is 7.26.